The summed E-state index contributed by atoms with van der Waals surface area (Å²) in [5, 5.41) is 6.21. The van der Waals surface area contributed by atoms with Crippen LogP contribution in [0.5, 0.6) is 0 Å². The fourth-order valence-electron chi connectivity index (χ4n) is 0.215. The van der Waals surface area contributed by atoms with Gasteiger partial charge in [-0.3, -0.25) is 9.66 Å². The fraction of sp³-hybridized carbons (Fsp3) is 0. The second kappa shape index (κ2) is 8.84. The van der Waals surface area contributed by atoms with Crippen LogP contribution in [0, 0.1) is 0 Å². The summed E-state index contributed by atoms with van der Waals surface area (Å²) in [4.78, 5) is 14.3. The van der Waals surface area contributed by atoms with Crippen LogP contribution >= 0.6 is 25.2 Å². The van der Waals surface area contributed by atoms with E-state index < -0.39 is 8.25 Å². The highest BCUT2D eigenvalue weighted by atomic mass is 79.9. The normalized spacial score (nSPS) is 7.50. The second-order valence-corrected chi connectivity index (χ2v) is 1.61. The Morgan fingerprint density at radius 3 is 2.10 bits per heavy atom. The third-order valence-electron chi connectivity index (χ3n) is 0.406. The highest BCUT2D eigenvalue weighted by molar-refractivity contribution is 8.93. The summed E-state index contributed by atoms with van der Waals surface area (Å²) in [6.45, 7) is 0. The molecule has 1 heterocycles. The van der Waals surface area contributed by atoms with Gasteiger partial charge < -0.3 is 9.79 Å². The summed E-state index contributed by atoms with van der Waals surface area (Å²) in [6, 6.07) is 1.83. The Labute approximate surface area is 68.8 Å². The molecule has 0 bridgehead atoms. The Bertz CT molecular complexity index is 136. The lowest BCUT2D eigenvalue weighted by atomic mass is 10.8. The van der Waals surface area contributed by atoms with E-state index in [0.717, 1.165) is 0 Å². The maximum Gasteiger partial charge on any atom is 0.314 e. The Kier molecular flexibility index (Phi) is 11.1. The van der Waals surface area contributed by atoms with E-state index in [1.165, 1.54) is 0 Å². The summed E-state index contributed by atoms with van der Waals surface area (Å²) in [7, 11) is -3.13. The number of nitrogens with one attached hydrogen (secondary N) is 1. The van der Waals surface area contributed by atoms with Gasteiger partial charge >= 0.3 is 8.25 Å². The summed E-state index contributed by atoms with van der Waals surface area (Å²) >= 11 is 0. The van der Waals surface area contributed by atoms with Crippen molar-refractivity contribution < 1.29 is 14.4 Å². The van der Waals surface area contributed by atoms with Gasteiger partial charge in [0, 0.05) is 12.4 Å². The number of H-pyrrole nitrogens is 1. The molecule has 0 spiro atoms. The lowest BCUT2D eigenvalue weighted by Gasteiger charge is -1.61. The van der Waals surface area contributed by atoms with Gasteiger partial charge in [-0.05, 0) is 6.07 Å². The van der Waals surface area contributed by atoms with Crippen LogP contribution < -0.4 is 0 Å². The van der Waals surface area contributed by atoms with Crippen LogP contribution in [0.4, 0.5) is 0 Å². The number of nitrogens with zero attached hydrogens (tertiary/aromatic N) is 1. The van der Waals surface area contributed by atoms with Crippen molar-refractivity contribution in [2.45, 2.75) is 0 Å². The van der Waals surface area contributed by atoms with Crippen molar-refractivity contribution in [2.75, 3.05) is 0 Å². The van der Waals surface area contributed by atoms with Crippen LogP contribution in [-0.4, -0.2) is 20.0 Å². The van der Waals surface area contributed by atoms with Gasteiger partial charge in [-0.25, -0.2) is 0 Å². The monoisotopic (exact) mass is 230 g/mol. The molecule has 0 aliphatic heterocycles. The molecular formula is C3H8BrN2O3P. The molecule has 0 aliphatic rings. The molecule has 0 saturated heterocycles. The topological polar surface area (TPSA) is 86.2 Å². The number of hydrogen-bond acceptors (Lipinski definition) is 2. The molecule has 0 amide bonds. The van der Waals surface area contributed by atoms with Gasteiger partial charge in [0.25, 0.3) is 0 Å². The van der Waals surface area contributed by atoms with Gasteiger partial charge in [0.05, 0.1) is 0 Å². The molecule has 5 nitrogen and oxygen atoms in total. The van der Waals surface area contributed by atoms with Crippen molar-refractivity contribution in [3.63, 3.8) is 0 Å². The van der Waals surface area contributed by atoms with E-state index in [-0.39, 0.29) is 17.0 Å². The molecular weight excluding hydrogens is 223 g/mol. The van der Waals surface area contributed by atoms with E-state index in [0.29, 0.717) is 0 Å². The highest BCUT2D eigenvalue weighted by Gasteiger charge is 1.61. The van der Waals surface area contributed by atoms with Crippen molar-refractivity contribution in [3.05, 3.63) is 18.5 Å². The second-order valence-electron chi connectivity index (χ2n) is 1.05. The molecule has 0 radical (unpaired) electrons. The number of aromatic nitrogens is 2. The molecule has 1 aromatic rings. The van der Waals surface area contributed by atoms with Gasteiger partial charge in [-0.1, -0.05) is 0 Å². The zero-order valence-electron chi connectivity index (χ0n) is 4.89. The SMILES string of the molecule is Br.O=[PH](O)O.c1cn[nH]c1. The summed E-state index contributed by atoms with van der Waals surface area (Å²) in [5.41, 5.74) is 0. The molecule has 0 unspecified atom stereocenters. The molecule has 0 saturated carbocycles. The predicted octanol–water partition coefficient (Wildman–Crippen LogP) is 0.348. The molecule has 3 N–H and O–H groups in total. The summed E-state index contributed by atoms with van der Waals surface area (Å²) < 4.78 is 8.74. The predicted molar refractivity (Wildman–Crippen MR) is 42.3 cm³/mol. The maximum absolute atomic E-state index is 8.74. The van der Waals surface area contributed by atoms with Gasteiger partial charge in [-0.15, -0.1) is 17.0 Å². The van der Waals surface area contributed by atoms with Gasteiger partial charge in [-0.2, -0.15) is 5.10 Å². The zero-order valence-corrected chi connectivity index (χ0v) is 7.60. The smallest absolute Gasteiger partial charge is 0.314 e. The number of aromatic amines is 1. The summed E-state index contributed by atoms with van der Waals surface area (Å²) in [6.07, 6.45) is 3.46. The molecule has 0 aliphatic carbocycles. The molecule has 10 heavy (non-hydrogen) atoms. The van der Waals surface area contributed by atoms with E-state index in [9.17, 15) is 0 Å². The van der Waals surface area contributed by atoms with E-state index in [1.807, 2.05) is 6.07 Å². The first-order chi connectivity index (χ1) is 4.23. The average molecular weight is 231 g/mol. The van der Waals surface area contributed by atoms with Crippen molar-refractivity contribution >= 4 is 25.2 Å². The molecule has 60 valence electrons. The van der Waals surface area contributed by atoms with E-state index in [2.05, 4.69) is 10.2 Å². The Morgan fingerprint density at radius 1 is 1.50 bits per heavy atom. The van der Waals surface area contributed by atoms with Crippen LogP contribution in [0.1, 0.15) is 0 Å². The van der Waals surface area contributed by atoms with Gasteiger partial charge in [0.15, 0.2) is 0 Å². The minimum Gasteiger partial charge on any atom is -0.326 e. The Morgan fingerprint density at radius 2 is 2.00 bits per heavy atom. The minimum absolute atomic E-state index is 0. The molecule has 0 fully saturated rings. The average Bonchev–Trinajstić information content (AvgIpc) is 2.11. The number of halogens is 1. The fourth-order valence-corrected chi connectivity index (χ4v) is 0.215. The number of hydrogen-bond donors (Lipinski definition) is 3. The molecule has 0 atom stereocenters. The first-order valence-corrected chi connectivity index (χ1v) is 3.39. The Balaban J connectivity index is 0. The highest BCUT2D eigenvalue weighted by Crippen LogP contribution is 1.98. The molecule has 1 rings (SSSR count). The first-order valence-electron chi connectivity index (χ1n) is 2.09. The van der Waals surface area contributed by atoms with E-state index in [1.54, 1.807) is 12.4 Å². The summed E-state index contributed by atoms with van der Waals surface area (Å²) in [5.74, 6) is 0. The van der Waals surface area contributed by atoms with E-state index >= 15 is 0 Å². The van der Waals surface area contributed by atoms with Crippen LogP contribution in [0.25, 0.3) is 0 Å². The first kappa shape index (κ1) is 12.5. The van der Waals surface area contributed by atoms with Crippen molar-refractivity contribution in [1.29, 1.82) is 0 Å². The van der Waals surface area contributed by atoms with Crippen molar-refractivity contribution in [2.24, 2.45) is 0 Å². The van der Waals surface area contributed by atoms with Gasteiger partial charge in [0.2, 0.25) is 0 Å². The van der Waals surface area contributed by atoms with Crippen molar-refractivity contribution in [3.8, 4) is 0 Å². The van der Waals surface area contributed by atoms with E-state index in [4.69, 9.17) is 14.4 Å². The largest absolute Gasteiger partial charge is 0.326 e. The third kappa shape index (κ3) is 15.7. The molecule has 1 aromatic heterocycles. The lowest BCUT2D eigenvalue weighted by Crippen LogP contribution is -1.53. The minimum atomic E-state index is -3.13. The number of rotatable bonds is 0. The standard InChI is InChI=1S/C3H4N2.BrH.H3O3P/c1-2-4-5-3-1;;1-4(2)3/h1-3H,(H,4,5);1H;4H,(H2,1,2,3). The van der Waals surface area contributed by atoms with Crippen LogP contribution in [0.3, 0.4) is 0 Å². The molecule has 7 heteroatoms. The zero-order chi connectivity index (χ0) is 7.11. The van der Waals surface area contributed by atoms with Crippen LogP contribution in [-0.2, 0) is 4.57 Å². The lowest BCUT2D eigenvalue weighted by molar-refractivity contribution is 0.405. The van der Waals surface area contributed by atoms with Crippen molar-refractivity contribution in [1.82, 2.24) is 10.2 Å². The molecule has 0 aromatic carbocycles. The van der Waals surface area contributed by atoms with Gasteiger partial charge in [0.1, 0.15) is 0 Å². The third-order valence-corrected chi connectivity index (χ3v) is 0.406. The Hall–Kier alpha value is -0.160. The van der Waals surface area contributed by atoms with Crippen LogP contribution in [0.15, 0.2) is 18.5 Å². The maximum atomic E-state index is 8.74. The van der Waals surface area contributed by atoms with Crippen LogP contribution in [0.2, 0.25) is 0 Å². The quantitative estimate of drug-likeness (QED) is 0.562.